The lowest BCUT2D eigenvalue weighted by Crippen LogP contribution is -2.57. The molecule has 6 nitrogen and oxygen atoms in total. The quantitative estimate of drug-likeness (QED) is 0.625. The average molecular weight is 237 g/mol. The van der Waals surface area contributed by atoms with Crippen molar-refractivity contribution in [2.75, 3.05) is 19.6 Å². The fourth-order valence-corrected chi connectivity index (χ4v) is 1.94. The normalized spacial score (nSPS) is 22.1. The molecule has 2 atom stereocenters. The van der Waals surface area contributed by atoms with Gasteiger partial charge in [0.2, 0.25) is 5.91 Å². The Hall–Kier alpha value is -1.40. The Bertz CT molecular complexity index is 345. The van der Waals surface area contributed by atoms with Crippen LogP contribution in [0.4, 0.5) is 0 Å². The number of imidazole rings is 1. The van der Waals surface area contributed by atoms with E-state index in [9.17, 15) is 4.79 Å². The van der Waals surface area contributed by atoms with Crippen LogP contribution in [0.15, 0.2) is 18.7 Å². The summed E-state index contributed by atoms with van der Waals surface area (Å²) in [7, 11) is 0. The van der Waals surface area contributed by atoms with E-state index in [0.29, 0.717) is 6.54 Å². The number of nitrogens with one attached hydrogen (secondary N) is 3. The van der Waals surface area contributed by atoms with Crippen molar-refractivity contribution < 1.29 is 4.79 Å². The van der Waals surface area contributed by atoms with Gasteiger partial charge in [0.25, 0.3) is 0 Å². The van der Waals surface area contributed by atoms with E-state index in [1.54, 1.807) is 12.5 Å². The van der Waals surface area contributed by atoms with Crippen LogP contribution in [-0.2, 0) is 11.3 Å². The van der Waals surface area contributed by atoms with Gasteiger partial charge >= 0.3 is 0 Å². The van der Waals surface area contributed by atoms with Crippen LogP contribution in [0.25, 0.3) is 0 Å². The number of nitrogens with zero attached hydrogens (tertiary/aromatic N) is 2. The highest BCUT2D eigenvalue weighted by atomic mass is 16.2. The summed E-state index contributed by atoms with van der Waals surface area (Å²) in [6, 6.07) is -0.0191. The van der Waals surface area contributed by atoms with Crippen molar-refractivity contribution in [1.82, 2.24) is 25.5 Å². The molecule has 2 heterocycles. The van der Waals surface area contributed by atoms with E-state index in [1.165, 1.54) is 0 Å². The fourth-order valence-electron chi connectivity index (χ4n) is 1.94. The zero-order valence-corrected chi connectivity index (χ0v) is 10.0. The molecule has 1 aromatic rings. The molecule has 0 radical (unpaired) electrons. The Kier molecular flexibility index (Phi) is 4.11. The first-order valence-electron chi connectivity index (χ1n) is 5.96. The van der Waals surface area contributed by atoms with Crippen molar-refractivity contribution in [1.29, 1.82) is 0 Å². The Morgan fingerprint density at radius 1 is 1.65 bits per heavy atom. The summed E-state index contributed by atoms with van der Waals surface area (Å²) in [6.45, 7) is 5.20. The monoisotopic (exact) mass is 237 g/mol. The summed E-state index contributed by atoms with van der Waals surface area (Å²) in [6.07, 6.45) is 5.38. The van der Waals surface area contributed by atoms with Crippen LogP contribution in [0, 0.1) is 0 Å². The molecule has 0 saturated carbocycles. The van der Waals surface area contributed by atoms with Crippen molar-refractivity contribution >= 4 is 5.91 Å². The van der Waals surface area contributed by atoms with Crippen molar-refractivity contribution in [3.63, 3.8) is 0 Å². The SMILES string of the molecule is CC(Cn1ccnc1)NC(=O)C1CNCCN1. The highest BCUT2D eigenvalue weighted by molar-refractivity contribution is 5.82. The predicted octanol–water partition coefficient (Wildman–Crippen LogP) is -1.05. The number of piperazine rings is 1. The molecule has 0 aliphatic carbocycles. The highest BCUT2D eigenvalue weighted by Gasteiger charge is 2.21. The summed E-state index contributed by atoms with van der Waals surface area (Å²) in [4.78, 5) is 15.9. The Balaban J connectivity index is 1.77. The van der Waals surface area contributed by atoms with Crippen LogP contribution in [0.2, 0.25) is 0 Å². The van der Waals surface area contributed by atoms with Crippen molar-refractivity contribution in [2.45, 2.75) is 25.6 Å². The highest BCUT2D eigenvalue weighted by Crippen LogP contribution is 1.94. The number of carbonyl (C=O) groups is 1. The van der Waals surface area contributed by atoms with Gasteiger partial charge in [-0.3, -0.25) is 4.79 Å². The zero-order chi connectivity index (χ0) is 12.1. The average Bonchev–Trinajstić information content (AvgIpc) is 2.82. The van der Waals surface area contributed by atoms with Gasteiger partial charge in [0, 0.05) is 44.6 Å². The molecule has 0 spiro atoms. The fraction of sp³-hybridized carbons (Fsp3) is 0.636. The molecule has 3 N–H and O–H groups in total. The summed E-state index contributed by atoms with van der Waals surface area (Å²) in [5, 5.41) is 9.38. The van der Waals surface area contributed by atoms with Gasteiger partial charge in [-0.25, -0.2) is 4.98 Å². The minimum absolute atomic E-state index is 0.0600. The van der Waals surface area contributed by atoms with Crippen LogP contribution in [0.1, 0.15) is 6.92 Å². The summed E-state index contributed by atoms with van der Waals surface area (Å²) >= 11 is 0. The number of hydrogen-bond donors (Lipinski definition) is 3. The molecular formula is C11H19N5O. The first kappa shape index (κ1) is 12.1. The summed E-state index contributed by atoms with van der Waals surface area (Å²) in [5.74, 6) is 0.0600. The van der Waals surface area contributed by atoms with Crippen LogP contribution in [0.3, 0.4) is 0 Å². The van der Waals surface area contributed by atoms with Gasteiger partial charge in [-0.1, -0.05) is 0 Å². The van der Waals surface area contributed by atoms with E-state index < -0.39 is 0 Å². The lowest BCUT2D eigenvalue weighted by atomic mass is 10.2. The third-order valence-corrected chi connectivity index (χ3v) is 2.79. The topological polar surface area (TPSA) is 71.0 Å². The Morgan fingerprint density at radius 2 is 2.53 bits per heavy atom. The molecule has 2 unspecified atom stereocenters. The maximum absolute atomic E-state index is 11.9. The van der Waals surface area contributed by atoms with Crippen molar-refractivity contribution in [3.05, 3.63) is 18.7 Å². The second-order valence-electron chi connectivity index (χ2n) is 4.38. The number of aromatic nitrogens is 2. The molecule has 2 rings (SSSR count). The minimum atomic E-state index is -0.117. The second-order valence-corrected chi connectivity index (χ2v) is 4.38. The van der Waals surface area contributed by atoms with E-state index in [0.717, 1.165) is 19.6 Å². The molecule has 1 amide bonds. The molecule has 0 aromatic carbocycles. The number of amides is 1. The van der Waals surface area contributed by atoms with Crippen LogP contribution >= 0.6 is 0 Å². The molecule has 1 aliphatic heterocycles. The third-order valence-electron chi connectivity index (χ3n) is 2.79. The molecule has 1 aromatic heterocycles. The third kappa shape index (κ3) is 3.54. The second kappa shape index (κ2) is 5.79. The van der Waals surface area contributed by atoms with E-state index in [1.807, 2.05) is 17.7 Å². The Labute approximate surface area is 101 Å². The van der Waals surface area contributed by atoms with E-state index in [-0.39, 0.29) is 18.0 Å². The van der Waals surface area contributed by atoms with Crippen molar-refractivity contribution in [2.24, 2.45) is 0 Å². The summed E-state index contributed by atoms with van der Waals surface area (Å²) in [5.41, 5.74) is 0. The predicted molar refractivity (Wildman–Crippen MR) is 64.5 cm³/mol. The maximum Gasteiger partial charge on any atom is 0.238 e. The molecule has 94 valence electrons. The van der Waals surface area contributed by atoms with Crippen LogP contribution < -0.4 is 16.0 Å². The molecule has 6 heteroatoms. The molecule has 1 fully saturated rings. The molecule has 17 heavy (non-hydrogen) atoms. The molecular weight excluding hydrogens is 218 g/mol. The summed E-state index contributed by atoms with van der Waals surface area (Å²) < 4.78 is 1.96. The van der Waals surface area contributed by atoms with Gasteiger partial charge in [-0.15, -0.1) is 0 Å². The zero-order valence-electron chi connectivity index (χ0n) is 10.0. The lowest BCUT2D eigenvalue weighted by Gasteiger charge is -2.25. The largest absolute Gasteiger partial charge is 0.350 e. The number of rotatable bonds is 4. The minimum Gasteiger partial charge on any atom is -0.350 e. The molecule has 0 bridgehead atoms. The smallest absolute Gasteiger partial charge is 0.238 e. The van der Waals surface area contributed by atoms with Gasteiger partial charge in [-0.05, 0) is 6.92 Å². The van der Waals surface area contributed by atoms with E-state index in [2.05, 4.69) is 20.9 Å². The van der Waals surface area contributed by atoms with Gasteiger partial charge in [0.1, 0.15) is 0 Å². The van der Waals surface area contributed by atoms with Gasteiger partial charge in [0.05, 0.1) is 12.4 Å². The molecule has 1 saturated heterocycles. The van der Waals surface area contributed by atoms with Gasteiger partial charge < -0.3 is 20.5 Å². The van der Waals surface area contributed by atoms with Gasteiger partial charge in [0.15, 0.2) is 0 Å². The molecule has 1 aliphatic rings. The lowest BCUT2D eigenvalue weighted by molar-refractivity contribution is -0.124. The first-order chi connectivity index (χ1) is 8.25. The van der Waals surface area contributed by atoms with E-state index in [4.69, 9.17) is 0 Å². The Morgan fingerprint density at radius 3 is 3.18 bits per heavy atom. The number of carbonyl (C=O) groups excluding carboxylic acids is 1. The van der Waals surface area contributed by atoms with Gasteiger partial charge in [-0.2, -0.15) is 0 Å². The number of hydrogen-bond acceptors (Lipinski definition) is 4. The standard InChI is InChI=1S/C11H19N5O/c1-9(7-16-5-4-13-8-16)15-11(17)10-6-12-2-3-14-10/h4-5,8-10,12,14H,2-3,6-7H2,1H3,(H,15,17). The van der Waals surface area contributed by atoms with Crippen LogP contribution in [-0.4, -0.2) is 47.2 Å². The first-order valence-corrected chi connectivity index (χ1v) is 5.96. The van der Waals surface area contributed by atoms with E-state index >= 15 is 0 Å². The van der Waals surface area contributed by atoms with Crippen LogP contribution in [0.5, 0.6) is 0 Å². The van der Waals surface area contributed by atoms with Crippen molar-refractivity contribution in [3.8, 4) is 0 Å². The maximum atomic E-state index is 11.9.